The number of nitrogens with one attached hydrogen (secondary N) is 1. The zero-order valence-electron chi connectivity index (χ0n) is 13.7. The van der Waals surface area contributed by atoms with Crippen molar-refractivity contribution < 1.29 is 4.79 Å². The molecule has 2 bridgehead atoms. The highest BCUT2D eigenvalue weighted by molar-refractivity contribution is 6.31. The number of carbonyl (C=O) groups is 1. The number of hydrogen-bond acceptors (Lipinski definition) is 2. The summed E-state index contributed by atoms with van der Waals surface area (Å²) in [6.45, 7) is 6.60. The molecule has 0 aliphatic heterocycles. The average molecular weight is 324 g/mol. The van der Waals surface area contributed by atoms with Gasteiger partial charge in [-0.25, -0.2) is 0 Å². The van der Waals surface area contributed by atoms with E-state index in [0.717, 1.165) is 23.2 Å². The average Bonchev–Trinajstić information content (AvgIpc) is 3.17. The molecule has 122 valence electrons. The zero-order valence-corrected chi connectivity index (χ0v) is 14.5. The second-order valence-corrected chi connectivity index (χ2v) is 7.53. The van der Waals surface area contributed by atoms with Gasteiger partial charge >= 0.3 is 0 Å². The molecular formula is C17H26ClN3O. The fraction of sp³-hybridized carbons (Fsp3) is 0.765. The van der Waals surface area contributed by atoms with Crippen LogP contribution in [0.25, 0.3) is 0 Å². The van der Waals surface area contributed by atoms with Crippen LogP contribution in [-0.4, -0.2) is 21.7 Å². The first kappa shape index (κ1) is 15.9. The molecule has 4 atom stereocenters. The van der Waals surface area contributed by atoms with Crippen LogP contribution in [0.1, 0.15) is 50.4 Å². The van der Waals surface area contributed by atoms with E-state index in [9.17, 15) is 4.79 Å². The van der Waals surface area contributed by atoms with Crippen molar-refractivity contribution in [2.45, 2.75) is 65.5 Å². The standard InChI is InChI=1S/C17H26ClN3O/c1-10(15-9-13-4-5-14(15)8-13)19-16(22)6-7-21-12(3)17(18)11(2)20-21/h10,13-15H,4-9H2,1-3H3,(H,19,22)/t10-,13-,14-,15-/m0/s1. The highest BCUT2D eigenvalue weighted by Gasteiger charge is 2.42. The van der Waals surface area contributed by atoms with Crippen molar-refractivity contribution in [2.24, 2.45) is 17.8 Å². The van der Waals surface area contributed by atoms with E-state index in [1.807, 2.05) is 18.5 Å². The first-order valence-corrected chi connectivity index (χ1v) is 8.82. The van der Waals surface area contributed by atoms with Crippen LogP contribution in [0.4, 0.5) is 0 Å². The van der Waals surface area contributed by atoms with E-state index in [1.54, 1.807) is 0 Å². The SMILES string of the molecule is Cc1nn(CCC(=O)N[C@@H](C)[C@@H]2C[C@H]3CC[C@H]2C3)c(C)c1Cl. The van der Waals surface area contributed by atoms with Crippen LogP contribution < -0.4 is 5.32 Å². The second kappa shape index (κ2) is 6.23. The van der Waals surface area contributed by atoms with Crippen molar-refractivity contribution in [1.29, 1.82) is 0 Å². The molecule has 1 amide bonds. The number of nitrogens with zero attached hydrogens (tertiary/aromatic N) is 2. The summed E-state index contributed by atoms with van der Waals surface area (Å²) < 4.78 is 1.83. The number of aromatic nitrogens is 2. The van der Waals surface area contributed by atoms with Crippen LogP contribution in [0, 0.1) is 31.6 Å². The largest absolute Gasteiger partial charge is 0.353 e. The van der Waals surface area contributed by atoms with Crippen molar-refractivity contribution in [3.63, 3.8) is 0 Å². The summed E-state index contributed by atoms with van der Waals surface area (Å²) in [5.41, 5.74) is 1.77. The molecule has 0 radical (unpaired) electrons. The third-order valence-corrected chi connectivity index (χ3v) is 6.21. The lowest BCUT2D eigenvalue weighted by molar-refractivity contribution is -0.122. The molecule has 4 nitrogen and oxygen atoms in total. The molecule has 1 heterocycles. The zero-order chi connectivity index (χ0) is 15.9. The molecule has 1 N–H and O–H groups in total. The molecule has 1 aromatic rings. The Bertz CT molecular complexity index is 568. The summed E-state index contributed by atoms with van der Waals surface area (Å²) in [4.78, 5) is 12.2. The van der Waals surface area contributed by atoms with Gasteiger partial charge in [-0.2, -0.15) is 5.10 Å². The maximum absolute atomic E-state index is 12.2. The van der Waals surface area contributed by atoms with Gasteiger partial charge in [-0.1, -0.05) is 18.0 Å². The van der Waals surface area contributed by atoms with Crippen LogP contribution in [0.2, 0.25) is 5.02 Å². The minimum absolute atomic E-state index is 0.124. The second-order valence-electron chi connectivity index (χ2n) is 7.15. The molecule has 0 saturated heterocycles. The predicted octanol–water partition coefficient (Wildman–Crippen LogP) is 3.48. The minimum atomic E-state index is 0.124. The van der Waals surface area contributed by atoms with Gasteiger partial charge in [-0.3, -0.25) is 9.48 Å². The monoisotopic (exact) mass is 323 g/mol. The molecule has 2 aliphatic rings. The first-order chi connectivity index (χ1) is 10.5. The van der Waals surface area contributed by atoms with Gasteiger partial charge in [0.05, 0.1) is 23.0 Å². The first-order valence-electron chi connectivity index (χ1n) is 8.44. The quantitative estimate of drug-likeness (QED) is 0.901. The van der Waals surface area contributed by atoms with E-state index in [2.05, 4.69) is 17.3 Å². The van der Waals surface area contributed by atoms with Crippen molar-refractivity contribution >= 4 is 17.5 Å². The van der Waals surface area contributed by atoms with Crippen molar-refractivity contribution in [2.75, 3.05) is 0 Å². The lowest BCUT2D eigenvalue weighted by Crippen LogP contribution is -2.40. The van der Waals surface area contributed by atoms with Crippen LogP contribution in [0.3, 0.4) is 0 Å². The summed E-state index contributed by atoms with van der Waals surface area (Å²) >= 11 is 6.14. The fourth-order valence-corrected chi connectivity index (χ4v) is 4.58. The Labute approximate surface area is 137 Å². The van der Waals surface area contributed by atoms with Crippen molar-refractivity contribution in [3.05, 3.63) is 16.4 Å². The van der Waals surface area contributed by atoms with Gasteiger partial charge in [0.1, 0.15) is 0 Å². The third-order valence-electron chi connectivity index (χ3n) is 5.67. The van der Waals surface area contributed by atoms with E-state index in [-0.39, 0.29) is 5.91 Å². The molecule has 3 rings (SSSR count). The van der Waals surface area contributed by atoms with Gasteiger partial charge in [0.2, 0.25) is 5.91 Å². The van der Waals surface area contributed by atoms with Crippen LogP contribution in [0.5, 0.6) is 0 Å². The molecule has 2 fully saturated rings. The number of hydrogen-bond donors (Lipinski definition) is 1. The van der Waals surface area contributed by atoms with Crippen LogP contribution in [-0.2, 0) is 11.3 Å². The van der Waals surface area contributed by atoms with Gasteiger partial charge in [0.25, 0.3) is 0 Å². The number of amides is 1. The van der Waals surface area contributed by atoms with E-state index in [1.165, 1.54) is 25.7 Å². The predicted molar refractivity (Wildman–Crippen MR) is 87.9 cm³/mol. The Kier molecular flexibility index (Phi) is 4.49. The Balaban J connectivity index is 1.49. The van der Waals surface area contributed by atoms with Gasteiger partial charge in [-0.05, 0) is 57.8 Å². The molecule has 2 aliphatic carbocycles. The number of halogens is 1. The topological polar surface area (TPSA) is 46.9 Å². The fourth-order valence-electron chi connectivity index (χ4n) is 4.44. The molecule has 0 spiro atoms. The molecule has 0 aromatic carbocycles. The summed E-state index contributed by atoms with van der Waals surface area (Å²) in [6.07, 6.45) is 5.91. The molecule has 0 unspecified atom stereocenters. The minimum Gasteiger partial charge on any atom is -0.353 e. The Morgan fingerprint density at radius 3 is 2.73 bits per heavy atom. The normalized spacial score (nSPS) is 28.1. The summed E-state index contributed by atoms with van der Waals surface area (Å²) in [6, 6.07) is 0.298. The number of fused-ring (bicyclic) bond motifs is 2. The number of aryl methyl sites for hydroxylation is 2. The van der Waals surface area contributed by atoms with Crippen LogP contribution in [0.15, 0.2) is 0 Å². The number of carbonyl (C=O) groups excluding carboxylic acids is 1. The van der Waals surface area contributed by atoms with Gasteiger partial charge in [-0.15, -0.1) is 0 Å². The highest BCUT2D eigenvalue weighted by Crippen LogP contribution is 2.49. The molecule has 2 saturated carbocycles. The molecular weight excluding hydrogens is 298 g/mol. The Hall–Kier alpha value is -1.03. The Morgan fingerprint density at radius 1 is 1.41 bits per heavy atom. The summed E-state index contributed by atoms with van der Waals surface area (Å²) in [7, 11) is 0. The lowest BCUT2D eigenvalue weighted by atomic mass is 9.84. The lowest BCUT2D eigenvalue weighted by Gasteiger charge is -2.28. The van der Waals surface area contributed by atoms with E-state index < -0.39 is 0 Å². The third kappa shape index (κ3) is 3.03. The maximum atomic E-state index is 12.2. The molecule has 22 heavy (non-hydrogen) atoms. The van der Waals surface area contributed by atoms with Crippen LogP contribution >= 0.6 is 11.6 Å². The van der Waals surface area contributed by atoms with E-state index in [4.69, 9.17) is 11.6 Å². The molecule has 5 heteroatoms. The Morgan fingerprint density at radius 2 is 2.18 bits per heavy atom. The molecule has 1 aromatic heterocycles. The summed E-state index contributed by atoms with van der Waals surface area (Å²) in [5, 5.41) is 8.28. The maximum Gasteiger partial charge on any atom is 0.222 e. The van der Waals surface area contributed by atoms with Crippen molar-refractivity contribution in [1.82, 2.24) is 15.1 Å². The van der Waals surface area contributed by atoms with E-state index in [0.29, 0.717) is 29.9 Å². The van der Waals surface area contributed by atoms with Gasteiger partial charge in [0.15, 0.2) is 0 Å². The highest BCUT2D eigenvalue weighted by atomic mass is 35.5. The van der Waals surface area contributed by atoms with Gasteiger partial charge in [0, 0.05) is 12.5 Å². The van der Waals surface area contributed by atoms with E-state index >= 15 is 0 Å². The summed E-state index contributed by atoms with van der Waals surface area (Å²) in [5.74, 6) is 2.58. The number of rotatable bonds is 5. The smallest absolute Gasteiger partial charge is 0.222 e. The van der Waals surface area contributed by atoms with Crippen molar-refractivity contribution in [3.8, 4) is 0 Å². The van der Waals surface area contributed by atoms with Gasteiger partial charge < -0.3 is 5.32 Å².